The second-order valence-corrected chi connectivity index (χ2v) is 6.44. The van der Waals surface area contributed by atoms with Crippen LogP contribution in [0.2, 0.25) is 0 Å². The predicted octanol–water partition coefficient (Wildman–Crippen LogP) is 1.84. The van der Waals surface area contributed by atoms with Crippen LogP contribution < -0.4 is 5.32 Å². The Morgan fingerprint density at radius 3 is 2.52 bits per heavy atom. The van der Waals surface area contributed by atoms with Crippen LogP contribution in [-0.4, -0.2) is 45.9 Å². The summed E-state index contributed by atoms with van der Waals surface area (Å²) in [7, 11) is 1.68. The molecule has 2 amide bonds. The van der Waals surface area contributed by atoms with E-state index >= 15 is 0 Å². The number of aromatic nitrogens is 2. The molecule has 1 aromatic rings. The lowest BCUT2D eigenvalue weighted by Gasteiger charge is -2.20. The molecule has 1 heterocycles. The summed E-state index contributed by atoms with van der Waals surface area (Å²) < 4.78 is 5.20. The lowest BCUT2D eigenvalue weighted by atomic mass is 9.96. The first-order valence-corrected chi connectivity index (χ1v) is 7.15. The third-order valence-electron chi connectivity index (χ3n) is 3.05. The van der Waals surface area contributed by atoms with E-state index in [0.717, 1.165) is 0 Å². The molecule has 0 aliphatic rings. The Balaban J connectivity index is 2.58. The molecule has 0 fully saturated rings. The first-order chi connectivity index (χ1) is 9.61. The van der Waals surface area contributed by atoms with Gasteiger partial charge in [0.25, 0.3) is 0 Å². The third kappa shape index (κ3) is 5.34. The van der Waals surface area contributed by atoms with E-state index in [2.05, 4.69) is 15.5 Å². The molecule has 7 nitrogen and oxygen atoms in total. The van der Waals surface area contributed by atoms with Gasteiger partial charge in [-0.2, -0.15) is 4.98 Å². The Kier molecular flexibility index (Phi) is 5.71. The molecule has 0 aliphatic heterocycles. The van der Waals surface area contributed by atoms with Crippen molar-refractivity contribution in [3.8, 4) is 0 Å². The van der Waals surface area contributed by atoms with Gasteiger partial charge in [0.05, 0.1) is 6.10 Å². The van der Waals surface area contributed by atoms with E-state index in [1.54, 1.807) is 20.9 Å². The highest BCUT2D eigenvalue weighted by Gasteiger charge is 2.24. The topological polar surface area (TPSA) is 91.5 Å². The van der Waals surface area contributed by atoms with E-state index in [-0.39, 0.29) is 17.5 Å². The number of hydrogen-bond donors (Lipinski definition) is 2. The fourth-order valence-electron chi connectivity index (χ4n) is 1.55. The largest absolute Gasteiger partial charge is 0.393 e. The highest BCUT2D eigenvalue weighted by Crippen LogP contribution is 2.20. The third-order valence-corrected chi connectivity index (χ3v) is 3.05. The monoisotopic (exact) mass is 298 g/mol. The number of aliphatic hydroxyl groups excluding tert-OH is 1. The fraction of sp³-hybridized carbons (Fsp3) is 0.786. The molecule has 0 saturated carbocycles. The highest BCUT2D eigenvalue weighted by molar-refractivity contribution is 5.74. The molecule has 120 valence electrons. The van der Waals surface area contributed by atoms with E-state index in [1.165, 1.54) is 4.90 Å². The first kappa shape index (κ1) is 17.4. The zero-order chi connectivity index (χ0) is 16.2. The SMILES string of the molecule is CC(O)CCN(C)C(=O)NC(C)c1nc(C(C)(C)C)no1. The summed E-state index contributed by atoms with van der Waals surface area (Å²) in [6.07, 6.45) is 0.107. The van der Waals surface area contributed by atoms with Gasteiger partial charge in [0.2, 0.25) is 5.89 Å². The summed E-state index contributed by atoms with van der Waals surface area (Å²) in [4.78, 5) is 17.8. The number of hydrogen-bond acceptors (Lipinski definition) is 5. The second-order valence-electron chi connectivity index (χ2n) is 6.44. The van der Waals surface area contributed by atoms with Gasteiger partial charge in [-0.05, 0) is 20.3 Å². The van der Waals surface area contributed by atoms with Gasteiger partial charge >= 0.3 is 6.03 Å². The number of carbonyl (C=O) groups excluding carboxylic acids is 1. The predicted molar refractivity (Wildman–Crippen MR) is 78.9 cm³/mol. The molecule has 0 saturated heterocycles. The number of nitrogens with one attached hydrogen (secondary N) is 1. The maximum atomic E-state index is 12.0. The molecule has 2 atom stereocenters. The quantitative estimate of drug-likeness (QED) is 0.865. The van der Waals surface area contributed by atoms with Crippen LogP contribution in [0, 0.1) is 0 Å². The van der Waals surface area contributed by atoms with Crippen molar-refractivity contribution in [1.82, 2.24) is 20.4 Å². The molecule has 7 heteroatoms. The number of rotatable bonds is 5. The van der Waals surface area contributed by atoms with E-state index in [1.807, 2.05) is 20.8 Å². The van der Waals surface area contributed by atoms with Gasteiger partial charge in [-0.15, -0.1) is 0 Å². The van der Waals surface area contributed by atoms with Crippen molar-refractivity contribution < 1.29 is 14.4 Å². The van der Waals surface area contributed by atoms with E-state index in [9.17, 15) is 9.90 Å². The Bertz CT molecular complexity index is 465. The average molecular weight is 298 g/mol. The van der Waals surface area contributed by atoms with E-state index in [4.69, 9.17) is 4.52 Å². The molecular formula is C14H26N4O3. The van der Waals surface area contributed by atoms with Crippen molar-refractivity contribution in [2.45, 2.75) is 58.6 Å². The van der Waals surface area contributed by atoms with E-state index in [0.29, 0.717) is 24.7 Å². The number of amides is 2. The summed E-state index contributed by atoms with van der Waals surface area (Å²) in [6, 6.07) is -0.603. The van der Waals surface area contributed by atoms with Gasteiger partial charge in [0.1, 0.15) is 6.04 Å². The summed E-state index contributed by atoms with van der Waals surface area (Å²) in [5.74, 6) is 0.998. The molecule has 0 aliphatic carbocycles. The van der Waals surface area contributed by atoms with Gasteiger partial charge in [-0.1, -0.05) is 25.9 Å². The molecule has 2 N–H and O–H groups in total. The molecule has 21 heavy (non-hydrogen) atoms. The van der Waals surface area contributed by atoms with Crippen LogP contribution in [0.15, 0.2) is 4.52 Å². The minimum Gasteiger partial charge on any atom is -0.393 e. The number of carbonyl (C=O) groups is 1. The maximum absolute atomic E-state index is 12.0. The minimum atomic E-state index is -0.428. The zero-order valence-electron chi connectivity index (χ0n) is 13.7. The molecule has 0 bridgehead atoms. The normalized spacial score (nSPS) is 14.6. The molecule has 1 rings (SSSR count). The van der Waals surface area contributed by atoms with Crippen LogP contribution in [0.25, 0.3) is 0 Å². The molecular weight excluding hydrogens is 272 g/mol. The first-order valence-electron chi connectivity index (χ1n) is 7.15. The van der Waals surface area contributed by atoms with Crippen LogP contribution in [-0.2, 0) is 5.41 Å². The van der Waals surface area contributed by atoms with Crippen LogP contribution in [0.4, 0.5) is 4.79 Å². The van der Waals surface area contributed by atoms with Crippen LogP contribution in [0.3, 0.4) is 0 Å². The van der Waals surface area contributed by atoms with Gasteiger partial charge < -0.3 is 19.8 Å². The van der Waals surface area contributed by atoms with Crippen molar-refractivity contribution in [3.63, 3.8) is 0 Å². The van der Waals surface area contributed by atoms with Crippen LogP contribution in [0.5, 0.6) is 0 Å². The number of aliphatic hydroxyl groups is 1. The van der Waals surface area contributed by atoms with Crippen molar-refractivity contribution in [2.24, 2.45) is 0 Å². The van der Waals surface area contributed by atoms with Crippen molar-refractivity contribution >= 4 is 6.03 Å². The summed E-state index contributed by atoms with van der Waals surface area (Å²) in [5.41, 5.74) is -0.195. The minimum absolute atomic E-state index is 0.195. The van der Waals surface area contributed by atoms with Crippen LogP contribution in [0.1, 0.15) is 58.8 Å². The molecule has 1 aromatic heterocycles. The lowest BCUT2D eigenvalue weighted by molar-refractivity contribution is 0.161. The molecule has 2 unspecified atom stereocenters. The van der Waals surface area contributed by atoms with Gasteiger partial charge in [-0.3, -0.25) is 0 Å². The number of nitrogens with zero attached hydrogens (tertiary/aromatic N) is 3. The average Bonchev–Trinajstić information content (AvgIpc) is 2.85. The van der Waals surface area contributed by atoms with Gasteiger partial charge in [-0.25, -0.2) is 4.79 Å². The van der Waals surface area contributed by atoms with Crippen LogP contribution >= 0.6 is 0 Å². The molecule has 0 aromatic carbocycles. The lowest BCUT2D eigenvalue weighted by Crippen LogP contribution is -2.39. The molecule has 0 spiro atoms. The Morgan fingerprint density at radius 2 is 2.05 bits per heavy atom. The van der Waals surface area contributed by atoms with E-state index < -0.39 is 6.10 Å². The second kappa shape index (κ2) is 6.89. The summed E-state index contributed by atoms with van der Waals surface area (Å²) >= 11 is 0. The summed E-state index contributed by atoms with van der Waals surface area (Å²) in [5, 5.41) is 16.0. The maximum Gasteiger partial charge on any atom is 0.317 e. The zero-order valence-corrected chi connectivity index (χ0v) is 13.7. The van der Waals surface area contributed by atoms with Crippen molar-refractivity contribution in [1.29, 1.82) is 0 Å². The van der Waals surface area contributed by atoms with Crippen molar-refractivity contribution in [3.05, 3.63) is 11.7 Å². The molecule has 0 radical (unpaired) electrons. The fourth-order valence-corrected chi connectivity index (χ4v) is 1.55. The van der Waals surface area contributed by atoms with Gasteiger partial charge in [0, 0.05) is 19.0 Å². The van der Waals surface area contributed by atoms with Crippen molar-refractivity contribution in [2.75, 3.05) is 13.6 Å². The summed E-state index contributed by atoms with van der Waals surface area (Å²) in [6.45, 7) is 9.95. The highest BCUT2D eigenvalue weighted by atomic mass is 16.5. The smallest absolute Gasteiger partial charge is 0.317 e. The Hall–Kier alpha value is -1.63. The van der Waals surface area contributed by atoms with Gasteiger partial charge in [0.15, 0.2) is 5.82 Å². The Labute approximate surface area is 125 Å². The number of urea groups is 1. The standard InChI is InChI=1S/C14H26N4O3/c1-9(19)7-8-18(6)13(20)15-10(2)11-16-12(17-21-11)14(3,4)5/h9-10,19H,7-8H2,1-6H3,(H,15,20). The Morgan fingerprint density at radius 1 is 1.43 bits per heavy atom.